The van der Waals surface area contributed by atoms with Gasteiger partial charge in [-0.2, -0.15) is 0 Å². The first-order valence-electron chi connectivity index (χ1n) is 15.5. The standard InChI is InChI=1S/C36H43N3O7/c1-42-31-13-5-7-15-33(31)44-20-18-37-22-26(40)23-39(19-21-45-34-16-8-6-14-32(34)43-2)24-27(41)25-46-35-17-9-12-30-36(35)28-10-3-4-11-29(28)38-30/h3-17,26-27,30,37,40-41H,18-25H2,1-2H3/t26-,27-,30+/m0/s1. The van der Waals surface area contributed by atoms with Gasteiger partial charge in [0.15, 0.2) is 23.0 Å². The molecule has 0 fully saturated rings. The smallest absolute Gasteiger partial charge is 0.161 e. The average Bonchev–Trinajstić information content (AvgIpc) is 3.47. The van der Waals surface area contributed by atoms with E-state index in [9.17, 15) is 10.2 Å². The molecule has 0 spiro atoms. The number of fused-ring (bicyclic) bond motifs is 2. The number of nitrogens with one attached hydrogen (secondary N) is 1. The first kappa shape index (κ1) is 33.0. The Balaban J connectivity index is 1.14. The highest BCUT2D eigenvalue weighted by Gasteiger charge is 2.25. The number of aliphatic hydroxyl groups excluding tert-OH is 2. The summed E-state index contributed by atoms with van der Waals surface area (Å²) in [7, 11) is 3.21. The molecule has 0 unspecified atom stereocenters. The van der Waals surface area contributed by atoms with E-state index in [0.717, 1.165) is 16.1 Å². The summed E-state index contributed by atoms with van der Waals surface area (Å²) in [6, 6.07) is 22.9. The van der Waals surface area contributed by atoms with Crippen molar-refractivity contribution < 1.29 is 33.9 Å². The molecule has 3 atom stereocenters. The summed E-state index contributed by atoms with van der Waals surface area (Å²) in [6.45, 7) is 2.83. The molecule has 3 aromatic carbocycles. The fourth-order valence-electron chi connectivity index (χ4n) is 5.49. The van der Waals surface area contributed by atoms with Crippen molar-refractivity contribution in [2.75, 3.05) is 66.8 Å². The van der Waals surface area contributed by atoms with Gasteiger partial charge in [-0.15, -0.1) is 0 Å². The lowest BCUT2D eigenvalue weighted by Gasteiger charge is -2.28. The largest absolute Gasteiger partial charge is 0.493 e. The zero-order valence-corrected chi connectivity index (χ0v) is 26.4. The number of hydrogen-bond donors (Lipinski definition) is 3. The molecule has 10 heteroatoms. The molecule has 10 nitrogen and oxygen atoms in total. The van der Waals surface area contributed by atoms with E-state index in [4.69, 9.17) is 28.7 Å². The Morgan fingerprint density at radius 1 is 0.783 bits per heavy atom. The van der Waals surface area contributed by atoms with Gasteiger partial charge in [-0.1, -0.05) is 54.6 Å². The molecule has 0 radical (unpaired) electrons. The van der Waals surface area contributed by atoms with E-state index in [1.165, 1.54) is 0 Å². The van der Waals surface area contributed by atoms with Crippen LogP contribution in [-0.4, -0.2) is 100 Å². The van der Waals surface area contributed by atoms with E-state index in [2.05, 4.69) is 5.32 Å². The predicted octanol–water partition coefficient (Wildman–Crippen LogP) is 2.10. The lowest BCUT2D eigenvalue weighted by atomic mass is 10.00. The first-order valence-corrected chi connectivity index (χ1v) is 15.5. The van der Waals surface area contributed by atoms with Gasteiger partial charge in [-0.3, -0.25) is 9.89 Å². The molecule has 5 rings (SSSR count). The van der Waals surface area contributed by atoms with E-state index in [-0.39, 0.29) is 19.2 Å². The van der Waals surface area contributed by atoms with Gasteiger partial charge in [-0.05, 0) is 36.4 Å². The molecule has 3 aromatic rings. The van der Waals surface area contributed by atoms with E-state index >= 15 is 0 Å². The molecule has 244 valence electrons. The third-order valence-electron chi connectivity index (χ3n) is 7.66. The summed E-state index contributed by atoms with van der Waals surface area (Å²) < 4.78 is 28.7. The molecule has 0 saturated carbocycles. The maximum Gasteiger partial charge on any atom is 0.161 e. The Kier molecular flexibility index (Phi) is 12.1. The monoisotopic (exact) mass is 629 g/mol. The lowest BCUT2D eigenvalue weighted by Crippen LogP contribution is -2.44. The van der Waals surface area contributed by atoms with Crippen LogP contribution in [0.15, 0.2) is 102 Å². The number of hydrogen-bond acceptors (Lipinski definition) is 10. The summed E-state index contributed by atoms with van der Waals surface area (Å²) in [4.78, 5) is 6.76. The summed E-state index contributed by atoms with van der Waals surface area (Å²) in [5, 5.41) is 27.2. The van der Waals surface area contributed by atoms with Crippen LogP contribution < -0.4 is 34.8 Å². The quantitative estimate of drug-likeness (QED) is 0.172. The van der Waals surface area contributed by atoms with E-state index in [1.807, 2.05) is 95.9 Å². The van der Waals surface area contributed by atoms with Gasteiger partial charge in [0.1, 0.15) is 31.7 Å². The van der Waals surface area contributed by atoms with Crippen LogP contribution in [0.3, 0.4) is 0 Å². The van der Waals surface area contributed by atoms with Crippen LogP contribution in [-0.2, 0) is 4.74 Å². The van der Waals surface area contributed by atoms with Crippen molar-refractivity contribution in [3.05, 3.63) is 107 Å². The second-order valence-electron chi connectivity index (χ2n) is 11.0. The Hall–Kier alpha value is -4.35. The highest BCUT2D eigenvalue weighted by molar-refractivity contribution is 5.72. The maximum absolute atomic E-state index is 11.1. The zero-order chi connectivity index (χ0) is 32.1. The molecule has 0 saturated heterocycles. The van der Waals surface area contributed by atoms with Gasteiger partial charge in [0.2, 0.25) is 0 Å². The molecule has 1 aliphatic carbocycles. The number of aliphatic hydroxyl groups is 2. The summed E-state index contributed by atoms with van der Waals surface area (Å²) >= 11 is 0. The average molecular weight is 630 g/mol. The van der Waals surface area contributed by atoms with Crippen molar-refractivity contribution in [3.8, 4) is 23.0 Å². The minimum Gasteiger partial charge on any atom is -0.493 e. The van der Waals surface area contributed by atoms with Crippen molar-refractivity contribution >= 4 is 5.57 Å². The van der Waals surface area contributed by atoms with Crippen LogP contribution in [0.25, 0.3) is 5.57 Å². The number of benzene rings is 3. The molecule has 2 aliphatic rings. The fourth-order valence-corrected chi connectivity index (χ4v) is 5.49. The Morgan fingerprint density at radius 2 is 1.41 bits per heavy atom. The van der Waals surface area contributed by atoms with Crippen molar-refractivity contribution in [2.45, 2.75) is 18.2 Å². The number of methoxy groups -OCH3 is 2. The molecule has 1 heterocycles. The van der Waals surface area contributed by atoms with Crippen LogP contribution in [0, 0.1) is 0 Å². The first-order chi connectivity index (χ1) is 22.6. The van der Waals surface area contributed by atoms with Crippen LogP contribution in [0.5, 0.6) is 23.0 Å². The molecular weight excluding hydrogens is 586 g/mol. The van der Waals surface area contributed by atoms with E-state index in [0.29, 0.717) is 68.2 Å². The number of allylic oxidation sites excluding steroid dienone is 2. The van der Waals surface area contributed by atoms with Crippen LogP contribution in [0.1, 0.15) is 0 Å². The van der Waals surface area contributed by atoms with Crippen molar-refractivity contribution in [3.63, 3.8) is 0 Å². The molecule has 0 amide bonds. The highest BCUT2D eigenvalue weighted by atomic mass is 16.5. The number of rotatable bonds is 19. The maximum atomic E-state index is 11.1. The van der Waals surface area contributed by atoms with Gasteiger partial charge in [0, 0.05) is 43.5 Å². The third-order valence-corrected chi connectivity index (χ3v) is 7.66. The van der Waals surface area contributed by atoms with Crippen molar-refractivity contribution in [2.24, 2.45) is 4.99 Å². The minimum atomic E-state index is -0.805. The molecule has 46 heavy (non-hydrogen) atoms. The Morgan fingerprint density at radius 3 is 2.13 bits per heavy atom. The molecule has 3 N–H and O–H groups in total. The van der Waals surface area contributed by atoms with Gasteiger partial charge in [0.25, 0.3) is 0 Å². The van der Waals surface area contributed by atoms with Crippen molar-refractivity contribution in [1.29, 1.82) is 0 Å². The second kappa shape index (κ2) is 16.8. The Bertz CT molecular complexity index is 1610. The summed E-state index contributed by atoms with van der Waals surface area (Å²) in [5.41, 5.74) is 1.02. The molecule has 1 aliphatic heterocycles. The summed E-state index contributed by atoms with van der Waals surface area (Å²) in [5.74, 6) is 3.34. The Labute approximate surface area is 269 Å². The van der Waals surface area contributed by atoms with Gasteiger partial charge < -0.3 is 39.2 Å². The third kappa shape index (κ3) is 8.88. The van der Waals surface area contributed by atoms with E-state index in [1.54, 1.807) is 14.2 Å². The van der Waals surface area contributed by atoms with Crippen LogP contribution in [0.4, 0.5) is 0 Å². The minimum absolute atomic E-state index is 0.0825. The van der Waals surface area contributed by atoms with Gasteiger partial charge in [-0.25, -0.2) is 0 Å². The summed E-state index contributed by atoms with van der Waals surface area (Å²) in [6.07, 6.45) is 4.41. The van der Waals surface area contributed by atoms with Gasteiger partial charge >= 0.3 is 0 Å². The highest BCUT2D eigenvalue weighted by Crippen LogP contribution is 2.27. The normalized spacial score (nSPS) is 16.2. The SMILES string of the molecule is COc1ccccc1OCCNC[C@H](O)CN(CCOc1ccccc1OC)C[C@H](O)COC1=CC=C[C@H]2N=c3ccccc3=C12. The lowest BCUT2D eigenvalue weighted by molar-refractivity contribution is 0.0265. The molecular formula is C36H43N3O7. The topological polar surface area (TPSA) is 114 Å². The number of para-hydroxylation sites is 5. The molecule has 0 aromatic heterocycles. The second-order valence-corrected chi connectivity index (χ2v) is 11.0. The zero-order valence-electron chi connectivity index (χ0n) is 26.4. The number of ether oxygens (including phenoxy) is 5. The van der Waals surface area contributed by atoms with Gasteiger partial charge in [0.05, 0.1) is 31.7 Å². The predicted molar refractivity (Wildman–Crippen MR) is 176 cm³/mol. The van der Waals surface area contributed by atoms with E-state index < -0.39 is 12.2 Å². The number of nitrogens with zero attached hydrogens (tertiary/aromatic N) is 2. The fraction of sp³-hybridized carbons (Fsp3) is 0.361. The van der Waals surface area contributed by atoms with Crippen LogP contribution >= 0.6 is 0 Å². The van der Waals surface area contributed by atoms with Crippen LogP contribution in [0.2, 0.25) is 0 Å². The molecule has 0 bridgehead atoms. The van der Waals surface area contributed by atoms with Crippen molar-refractivity contribution in [1.82, 2.24) is 10.2 Å².